The van der Waals surface area contributed by atoms with E-state index in [1.807, 2.05) is 18.2 Å². The number of carbonyl (C=O) groups excluding carboxylic acids is 2. The molecule has 2 aliphatic carbocycles. The van der Waals surface area contributed by atoms with Gasteiger partial charge in [0.1, 0.15) is 11.5 Å². The van der Waals surface area contributed by atoms with Gasteiger partial charge in [-0.05, 0) is 49.5 Å². The fourth-order valence-corrected chi connectivity index (χ4v) is 6.83. The van der Waals surface area contributed by atoms with Gasteiger partial charge in [-0.25, -0.2) is 0 Å². The summed E-state index contributed by atoms with van der Waals surface area (Å²) in [6.07, 6.45) is 8.78. The minimum atomic E-state index is -1.08. The molecule has 32 heavy (non-hydrogen) atoms. The molecular weight excluding hydrogens is 398 g/mol. The summed E-state index contributed by atoms with van der Waals surface area (Å²) < 4.78 is 6.00. The van der Waals surface area contributed by atoms with Crippen LogP contribution < -0.4 is 5.32 Å². The summed E-state index contributed by atoms with van der Waals surface area (Å²) in [6, 6.07) is 10.2. The summed E-state index contributed by atoms with van der Waals surface area (Å²) in [5.41, 5.74) is 1.38. The molecule has 4 nitrogen and oxygen atoms in total. The monoisotopic (exact) mass is 433 g/mol. The van der Waals surface area contributed by atoms with E-state index in [1.54, 1.807) is 0 Å². The van der Waals surface area contributed by atoms with Gasteiger partial charge in [0.2, 0.25) is 5.91 Å². The first-order valence-corrected chi connectivity index (χ1v) is 12.2. The van der Waals surface area contributed by atoms with Gasteiger partial charge in [0, 0.05) is 17.9 Å². The lowest BCUT2D eigenvalue weighted by molar-refractivity contribution is -0.146. The Bertz CT molecular complexity index is 966. The van der Waals surface area contributed by atoms with Crippen molar-refractivity contribution in [1.29, 1.82) is 0 Å². The second-order valence-electron chi connectivity index (χ2n) is 10.8. The third kappa shape index (κ3) is 3.30. The van der Waals surface area contributed by atoms with Crippen LogP contribution in [0.2, 0.25) is 0 Å². The maximum atomic E-state index is 14.2. The van der Waals surface area contributed by atoms with Crippen molar-refractivity contribution in [3.8, 4) is 0 Å². The van der Waals surface area contributed by atoms with E-state index in [1.165, 1.54) is 11.1 Å². The van der Waals surface area contributed by atoms with Crippen molar-refractivity contribution in [2.45, 2.75) is 65.2 Å². The van der Waals surface area contributed by atoms with Gasteiger partial charge < -0.3 is 10.1 Å². The molecule has 9 atom stereocenters. The number of allylic oxidation sites excluding steroid dienone is 4. The fraction of sp³-hybridized carbons (Fsp3) is 0.571. The van der Waals surface area contributed by atoms with Gasteiger partial charge in [-0.2, -0.15) is 0 Å². The van der Waals surface area contributed by atoms with Gasteiger partial charge in [0.05, 0.1) is 6.10 Å². The van der Waals surface area contributed by atoms with E-state index in [9.17, 15) is 9.59 Å². The highest BCUT2D eigenvalue weighted by Crippen LogP contribution is 2.56. The lowest BCUT2D eigenvalue weighted by Crippen LogP contribution is -2.54. The van der Waals surface area contributed by atoms with E-state index < -0.39 is 11.5 Å². The predicted octanol–water partition coefficient (Wildman–Crippen LogP) is 4.50. The van der Waals surface area contributed by atoms with Crippen molar-refractivity contribution < 1.29 is 14.3 Å². The Kier molecular flexibility index (Phi) is 5.40. The Hall–Kier alpha value is -2.20. The van der Waals surface area contributed by atoms with Crippen LogP contribution in [0, 0.1) is 35.0 Å². The minimum absolute atomic E-state index is 0.00668. The molecule has 4 heteroatoms. The second-order valence-corrected chi connectivity index (χ2v) is 10.8. The summed E-state index contributed by atoms with van der Waals surface area (Å²) >= 11 is 0. The SMILES string of the molecule is CC1=CC2/C=C/CC(C)CC(C)C3OC3C(=O)C23C(=O)NC(Cc2ccccc2)C3C1C. The Balaban J connectivity index is 1.60. The number of ketones is 1. The topological polar surface area (TPSA) is 58.7 Å². The van der Waals surface area contributed by atoms with E-state index in [4.69, 9.17) is 4.74 Å². The number of benzene rings is 1. The molecule has 1 aromatic rings. The average molecular weight is 434 g/mol. The summed E-state index contributed by atoms with van der Waals surface area (Å²) in [5.74, 6) is 0.599. The van der Waals surface area contributed by atoms with E-state index in [-0.39, 0.29) is 41.6 Å². The van der Waals surface area contributed by atoms with Crippen LogP contribution in [-0.2, 0) is 20.7 Å². The molecule has 1 amide bonds. The highest BCUT2D eigenvalue weighted by atomic mass is 16.6. The quantitative estimate of drug-likeness (QED) is 0.424. The van der Waals surface area contributed by atoms with Crippen molar-refractivity contribution in [1.82, 2.24) is 5.32 Å². The summed E-state index contributed by atoms with van der Waals surface area (Å²) in [5, 5.41) is 3.29. The van der Waals surface area contributed by atoms with E-state index >= 15 is 0 Å². The molecule has 4 aliphatic rings. The predicted molar refractivity (Wildman–Crippen MR) is 125 cm³/mol. The maximum Gasteiger partial charge on any atom is 0.235 e. The molecule has 2 saturated heterocycles. The fourth-order valence-electron chi connectivity index (χ4n) is 6.83. The third-order valence-electron chi connectivity index (χ3n) is 8.58. The summed E-state index contributed by atoms with van der Waals surface area (Å²) in [7, 11) is 0. The molecule has 0 aromatic heterocycles. The molecular formula is C28H35NO3. The zero-order valence-electron chi connectivity index (χ0n) is 19.6. The molecule has 0 bridgehead atoms. The van der Waals surface area contributed by atoms with E-state index in [0.717, 1.165) is 19.3 Å². The van der Waals surface area contributed by atoms with Crippen LogP contribution >= 0.6 is 0 Å². The number of hydrogen-bond donors (Lipinski definition) is 1. The Labute approximate surface area is 191 Å². The number of ether oxygens (including phenoxy) is 1. The first-order chi connectivity index (χ1) is 15.3. The van der Waals surface area contributed by atoms with Crippen molar-refractivity contribution in [2.24, 2.45) is 35.0 Å². The number of Topliss-reactive ketones (excluding diaryl/α,β-unsaturated/α-hetero) is 1. The molecule has 0 saturated carbocycles. The Morgan fingerprint density at radius 1 is 1.12 bits per heavy atom. The standard InChI is InChI=1S/C28H35NO3/c1-16-9-8-12-21-14-17(2)19(4)23-22(15-20-10-6-5-7-11-20)29-27(31)28(21,23)26(30)25-24(32-25)18(3)13-16/h5-8,10-12,14,16,18-19,21-25H,9,13,15H2,1-4H3,(H,29,31)/b12-8+. The van der Waals surface area contributed by atoms with Crippen molar-refractivity contribution in [3.63, 3.8) is 0 Å². The lowest BCUT2D eigenvalue weighted by atomic mass is 9.54. The largest absolute Gasteiger partial charge is 0.361 e. The van der Waals surface area contributed by atoms with Gasteiger partial charge in [0.25, 0.3) is 0 Å². The number of rotatable bonds is 2. The smallest absolute Gasteiger partial charge is 0.235 e. The molecule has 2 aliphatic heterocycles. The van der Waals surface area contributed by atoms with Crippen LogP contribution in [0.3, 0.4) is 0 Å². The third-order valence-corrected chi connectivity index (χ3v) is 8.58. The van der Waals surface area contributed by atoms with Crippen LogP contribution in [0.4, 0.5) is 0 Å². The number of hydrogen-bond acceptors (Lipinski definition) is 3. The molecule has 1 aromatic carbocycles. The van der Waals surface area contributed by atoms with Crippen LogP contribution in [-0.4, -0.2) is 29.9 Å². The zero-order valence-corrected chi connectivity index (χ0v) is 19.6. The molecule has 1 N–H and O–H groups in total. The Morgan fingerprint density at radius 3 is 2.62 bits per heavy atom. The number of amides is 1. The molecule has 9 unspecified atom stereocenters. The molecule has 2 heterocycles. The first-order valence-electron chi connectivity index (χ1n) is 12.2. The molecule has 1 spiro atoms. The highest BCUT2D eigenvalue weighted by Gasteiger charge is 2.69. The summed E-state index contributed by atoms with van der Waals surface area (Å²) in [6.45, 7) is 8.79. The zero-order chi connectivity index (χ0) is 22.6. The van der Waals surface area contributed by atoms with Gasteiger partial charge >= 0.3 is 0 Å². The van der Waals surface area contributed by atoms with Crippen LogP contribution in [0.1, 0.15) is 46.1 Å². The summed E-state index contributed by atoms with van der Waals surface area (Å²) in [4.78, 5) is 28.0. The normalized spacial score (nSPS) is 44.3. The van der Waals surface area contributed by atoms with Crippen LogP contribution in [0.15, 0.2) is 54.1 Å². The van der Waals surface area contributed by atoms with Gasteiger partial charge in [-0.3, -0.25) is 9.59 Å². The van der Waals surface area contributed by atoms with Crippen molar-refractivity contribution in [3.05, 3.63) is 59.7 Å². The van der Waals surface area contributed by atoms with Crippen LogP contribution in [0.25, 0.3) is 0 Å². The molecule has 2 fully saturated rings. The van der Waals surface area contributed by atoms with Crippen LogP contribution in [0.5, 0.6) is 0 Å². The number of carbonyl (C=O) groups is 2. The molecule has 0 radical (unpaired) electrons. The Morgan fingerprint density at radius 2 is 1.88 bits per heavy atom. The molecule has 5 rings (SSSR count). The average Bonchev–Trinajstić information content (AvgIpc) is 3.50. The number of fused-ring (bicyclic) bond motifs is 1. The highest BCUT2D eigenvalue weighted by molar-refractivity contribution is 6.12. The van der Waals surface area contributed by atoms with E-state index in [0.29, 0.717) is 11.8 Å². The van der Waals surface area contributed by atoms with Gasteiger partial charge in [-0.1, -0.05) is 74.9 Å². The van der Waals surface area contributed by atoms with E-state index in [2.05, 4.69) is 63.4 Å². The second kappa shape index (κ2) is 7.98. The number of nitrogens with one attached hydrogen (secondary N) is 1. The first kappa shape index (κ1) is 21.6. The lowest BCUT2D eigenvalue weighted by Gasteiger charge is -2.44. The maximum absolute atomic E-state index is 14.2. The number of epoxide rings is 1. The molecule has 170 valence electrons. The minimum Gasteiger partial charge on any atom is -0.361 e. The van der Waals surface area contributed by atoms with Crippen molar-refractivity contribution >= 4 is 11.7 Å². The van der Waals surface area contributed by atoms with Gasteiger partial charge in [-0.15, -0.1) is 0 Å². The van der Waals surface area contributed by atoms with Gasteiger partial charge in [0.15, 0.2) is 5.78 Å². The van der Waals surface area contributed by atoms with Crippen molar-refractivity contribution in [2.75, 3.05) is 0 Å².